The maximum atomic E-state index is 12.7. The minimum absolute atomic E-state index is 0.0848. The summed E-state index contributed by atoms with van der Waals surface area (Å²) in [7, 11) is 0. The third kappa shape index (κ3) is 4.12. The third-order valence-corrected chi connectivity index (χ3v) is 7.23. The first kappa shape index (κ1) is 18.7. The van der Waals surface area contributed by atoms with Gasteiger partial charge in [0.15, 0.2) is 0 Å². The number of quaternary nitrogens is 1. The predicted octanol–water partition coefficient (Wildman–Crippen LogP) is 3.55. The first-order chi connectivity index (χ1) is 12.9. The maximum Gasteiger partial charge on any atom is 0.251 e. The van der Waals surface area contributed by atoms with E-state index in [4.69, 9.17) is 0 Å². The van der Waals surface area contributed by atoms with Crippen LogP contribution in [-0.2, 0) is 12.0 Å². The van der Waals surface area contributed by atoms with Crippen LogP contribution in [0.4, 0.5) is 0 Å². The molecule has 0 unspecified atom stereocenters. The SMILES string of the molecule is CC(C)(C)c1ccc(C(=O)NC2C[C@H]3CC[C@H](C2)[NH+]3Cc2cccs2)cc1. The second-order valence-corrected chi connectivity index (χ2v) is 10.3. The molecule has 4 rings (SSSR count). The molecule has 144 valence electrons. The topological polar surface area (TPSA) is 33.5 Å². The fourth-order valence-electron chi connectivity index (χ4n) is 4.84. The van der Waals surface area contributed by atoms with Gasteiger partial charge < -0.3 is 10.2 Å². The summed E-state index contributed by atoms with van der Waals surface area (Å²) >= 11 is 1.87. The Hall–Kier alpha value is -1.65. The molecule has 2 aliphatic rings. The molecule has 4 heteroatoms. The zero-order valence-corrected chi connectivity index (χ0v) is 17.4. The average Bonchev–Trinajstić information content (AvgIpc) is 3.21. The number of piperidine rings is 1. The van der Waals surface area contributed by atoms with E-state index in [2.05, 4.69) is 55.7 Å². The molecule has 2 saturated heterocycles. The molecule has 1 aromatic heterocycles. The number of amides is 1. The Morgan fingerprint density at radius 3 is 2.33 bits per heavy atom. The number of hydrogen-bond acceptors (Lipinski definition) is 2. The van der Waals surface area contributed by atoms with Gasteiger partial charge >= 0.3 is 0 Å². The summed E-state index contributed by atoms with van der Waals surface area (Å²) < 4.78 is 0. The number of hydrogen-bond donors (Lipinski definition) is 2. The predicted molar refractivity (Wildman–Crippen MR) is 111 cm³/mol. The van der Waals surface area contributed by atoms with Gasteiger partial charge in [0.05, 0.1) is 17.0 Å². The lowest BCUT2D eigenvalue weighted by Gasteiger charge is -2.36. The van der Waals surface area contributed by atoms with Crippen LogP contribution in [0.1, 0.15) is 67.3 Å². The van der Waals surface area contributed by atoms with Crippen molar-refractivity contribution >= 4 is 17.2 Å². The molecule has 1 aromatic carbocycles. The lowest BCUT2D eigenvalue weighted by Crippen LogP contribution is -3.17. The van der Waals surface area contributed by atoms with Gasteiger partial charge in [-0.25, -0.2) is 0 Å². The van der Waals surface area contributed by atoms with Crippen LogP contribution in [0.5, 0.6) is 0 Å². The highest BCUT2D eigenvalue weighted by Gasteiger charge is 2.44. The molecule has 3 heterocycles. The lowest BCUT2D eigenvalue weighted by molar-refractivity contribution is -0.954. The second-order valence-electron chi connectivity index (χ2n) is 9.27. The number of benzene rings is 1. The average molecular weight is 384 g/mol. The first-order valence-corrected chi connectivity index (χ1v) is 11.1. The fourth-order valence-corrected chi connectivity index (χ4v) is 5.58. The van der Waals surface area contributed by atoms with E-state index < -0.39 is 0 Å². The van der Waals surface area contributed by atoms with E-state index in [0.29, 0.717) is 18.1 Å². The van der Waals surface area contributed by atoms with Crippen LogP contribution >= 0.6 is 11.3 Å². The first-order valence-electron chi connectivity index (χ1n) is 10.2. The molecule has 0 spiro atoms. The number of fused-ring (bicyclic) bond motifs is 2. The second kappa shape index (κ2) is 7.40. The highest BCUT2D eigenvalue weighted by molar-refractivity contribution is 7.09. The van der Waals surface area contributed by atoms with E-state index in [0.717, 1.165) is 24.9 Å². The van der Waals surface area contributed by atoms with Crippen LogP contribution in [0.25, 0.3) is 0 Å². The molecule has 0 aliphatic carbocycles. The Labute approximate surface area is 166 Å². The smallest absolute Gasteiger partial charge is 0.251 e. The minimum Gasteiger partial charge on any atom is -0.349 e. The van der Waals surface area contributed by atoms with Crippen molar-refractivity contribution in [2.45, 2.75) is 76.5 Å². The number of carbonyl (C=O) groups excluding carboxylic acids is 1. The number of thiophene rings is 1. The van der Waals surface area contributed by atoms with E-state index in [1.165, 1.54) is 23.3 Å². The Morgan fingerprint density at radius 1 is 1.11 bits per heavy atom. The van der Waals surface area contributed by atoms with Gasteiger partial charge in [0.25, 0.3) is 5.91 Å². The molecule has 3 nitrogen and oxygen atoms in total. The van der Waals surface area contributed by atoms with E-state index >= 15 is 0 Å². The normalized spacial score (nSPS) is 27.5. The van der Waals surface area contributed by atoms with Crippen molar-refractivity contribution in [1.82, 2.24) is 5.32 Å². The summed E-state index contributed by atoms with van der Waals surface area (Å²) in [5.41, 5.74) is 2.16. The Bertz CT molecular complexity index is 762. The van der Waals surface area contributed by atoms with Gasteiger partial charge in [-0.05, 0) is 34.6 Å². The van der Waals surface area contributed by atoms with Gasteiger partial charge in [-0.1, -0.05) is 39.0 Å². The third-order valence-electron chi connectivity index (χ3n) is 6.36. The molecular formula is C23H31N2OS+. The number of nitrogens with one attached hydrogen (secondary N) is 2. The van der Waals surface area contributed by atoms with Crippen LogP contribution in [0, 0.1) is 0 Å². The van der Waals surface area contributed by atoms with Gasteiger partial charge in [-0.3, -0.25) is 4.79 Å². The molecule has 2 atom stereocenters. The summed E-state index contributed by atoms with van der Waals surface area (Å²) in [6.45, 7) is 7.75. The van der Waals surface area contributed by atoms with Gasteiger partial charge in [0, 0.05) is 37.3 Å². The zero-order chi connectivity index (χ0) is 19.0. The van der Waals surface area contributed by atoms with Gasteiger partial charge in [-0.2, -0.15) is 0 Å². The van der Waals surface area contributed by atoms with Crippen LogP contribution in [-0.4, -0.2) is 24.0 Å². The van der Waals surface area contributed by atoms with Crippen molar-refractivity contribution in [3.63, 3.8) is 0 Å². The van der Waals surface area contributed by atoms with Crippen LogP contribution in [0.3, 0.4) is 0 Å². The molecule has 2 fully saturated rings. The molecule has 2 aromatic rings. The van der Waals surface area contributed by atoms with Crippen molar-refractivity contribution in [2.24, 2.45) is 0 Å². The van der Waals surface area contributed by atoms with E-state index in [1.54, 1.807) is 4.90 Å². The quantitative estimate of drug-likeness (QED) is 0.832. The van der Waals surface area contributed by atoms with Crippen molar-refractivity contribution in [1.29, 1.82) is 0 Å². The van der Waals surface area contributed by atoms with Crippen LogP contribution in [0.2, 0.25) is 0 Å². The summed E-state index contributed by atoms with van der Waals surface area (Å²) in [5, 5.41) is 5.50. The Balaban J connectivity index is 1.36. The minimum atomic E-state index is 0.0848. The Kier molecular flexibility index (Phi) is 5.13. The van der Waals surface area contributed by atoms with Gasteiger partial charge in [-0.15, -0.1) is 11.3 Å². The van der Waals surface area contributed by atoms with Gasteiger partial charge in [0.1, 0.15) is 6.54 Å². The summed E-state index contributed by atoms with van der Waals surface area (Å²) in [4.78, 5) is 16.0. The number of rotatable bonds is 4. The van der Waals surface area contributed by atoms with E-state index in [-0.39, 0.29) is 11.3 Å². The monoisotopic (exact) mass is 383 g/mol. The van der Waals surface area contributed by atoms with Crippen molar-refractivity contribution < 1.29 is 9.69 Å². The molecule has 27 heavy (non-hydrogen) atoms. The van der Waals surface area contributed by atoms with Gasteiger partial charge in [0.2, 0.25) is 0 Å². The molecule has 0 saturated carbocycles. The standard InChI is InChI=1S/C23H30N2OS/c1-23(2,3)17-8-6-16(7-9-17)22(26)24-18-13-19-10-11-20(14-18)25(19)15-21-5-4-12-27-21/h4-9,12,18-20H,10-11,13-15H2,1-3H3,(H,24,26)/p+1/t19-,20-/m1/s1. The maximum absolute atomic E-state index is 12.7. The highest BCUT2D eigenvalue weighted by atomic mass is 32.1. The molecule has 0 radical (unpaired) electrons. The van der Waals surface area contributed by atoms with E-state index in [1.807, 2.05) is 23.5 Å². The molecule has 1 amide bonds. The Morgan fingerprint density at radius 2 is 1.78 bits per heavy atom. The van der Waals surface area contributed by atoms with Crippen molar-refractivity contribution in [3.05, 3.63) is 57.8 Å². The molecular weight excluding hydrogens is 352 g/mol. The molecule has 2 bridgehead atoms. The summed E-state index contributed by atoms with van der Waals surface area (Å²) in [5.74, 6) is 0.0848. The van der Waals surface area contributed by atoms with Crippen LogP contribution in [0.15, 0.2) is 41.8 Å². The van der Waals surface area contributed by atoms with Crippen molar-refractivity contribution in [3.8, 4) is 0 Å². The summed E-state index contributed by atoms with van der Waals surface area (Å²) in [6.07, 6.45) is 4.84. The zero-order valence-electron chi connectivity index (χ0n) is 16.6. The molecule has 2 N–H and O–H groups in total. The lowest BCUT2D eigenvalue weighted by atomic mass is 9.86. The van der Waals surface area contributed by atoms with E-state index in [9.17, 15) is 4.79 Å². The largest absolute Gasteiger partial charge is 0.349 e. The molecule has 2 aliphatic heterocycles. The fraction of sp³-hybridized carbons (Fsp3) is 0.522. The number of carbonyl (C=O) groups is 1. The van der Waals surface area contributed by atoms with Crippen LogP contribution < -0.4 is 10.2 Å². The summed E-state index contributed by atoms with van der Waals surface area (Å²) in [6, 6.07) is 14.2. The van der Waals surface area contributed by atoms with Crippen molar-refractivity contribution in [2.75, 3.05) is 0 Å². The highest BCUT2D eigenvalue weighted by Crippen LogP contribution is 2.25.